The molecule has 0 spiro atoms. The van der Waals surface area contributed by atoms with Gasteiger partial charge in [0.05, 0.1) is 18.7 Å². The number of hydrogen-bond acceptors (Lipinski definition) is 7. The van der Waals surface area contributed by atoms with Crippen LogP contribution in [0.2, 0.25) is 0 Å². The van der Waals surface area contributed by atoms with E-state index in [9.17, 15) is 0 Å². The van der Waals surface area contributed by atoms with Crippen molar-refractivity contribution in [3.8, 4) is 5.75 Å². The summed E-state index contributed by atoms with van der Waals surface area (Å²) in [5.41, 5.74) is 2.26. The number of fused-ring (bicyclic) bond motifs is 1. The normalized spacial score (nSPS) is 20.0. The minimum Gasteiger partial charge on any atom is -0.483 e. The molecule has 1 atom stereocenters. The van der Waals surface area contributed by atoms with Crippen LogP contribution in [0.15, 0.2) is 28.7 Å². The van der Waals surface area contributed by atoms with Crippen molar-refractivity contribution in [3.05, 3.63) is 47.3 Å². The first-order chi connectivity index (χ1) is 12.6. The lowest BCUT2D eigenvalue weighted by Crippen LogP contribution is -2.29. The van der Waals surface area contributed by atoms with Crippen LogP contribution in [0.4, 0.5) is 0 Å². The second-order valence-electron chi connectivity index (χ2n) is 6.52. The number of ether oxygens (including phenoxy) is 3. The molecular formula is C19H21N3O4. The Bertz CT molecular complexity index is 932. The van der Waals surface area contributed by atoms with Gasteiger partial charge in [-0.1, -0.05) is 12.1 Å². The lowest BCUT2D eigenvalue weighted by atomic mass is 10.0. The van der Waals surface area contributed by atoms with Crippen LogP contribution in [0, 0.1) is 13.8 Å². The van der Waals surface area contributed by atoms with Gasteiger partial charge in [-0.05, 0) is 25.5 Å². The van der Waals surface area contributed by atoms with Crippen LogP contribution in [0.1, 0.15) is 29.5 Å². The summed E-state index contributed by atoms with van der Waals surface area (Å²) in [6.45, 7) is 5.20. The molecule has 1 aliphatic heterocycles. The molecule has 1 fully saturated rings. The Morgan fingerprint density at radius 1 is 1.23 bits per heavy atom. The molecule has 26 heavy (non-hydrogen) atoms. The van der Waals surface area contributed by atoms with E-state index < -0.39 is 5.60 Å². The predicted molar refractivity (Wildman–Crippen MR) is 94.0 cm³/mol. The van der Waals surface area contributed by atoms with Crippen molar-refractivity contribution in [1.82, 2.24) is 15.2 Å². The maximum atomic E-state index is 6.00. The smallest absolute Gasteiger partial charge is 0.254 e. The highest BCUT2D eigenvalue weighted by molar-refractivity contribution is 5.88. The van der Waals surface area contributed by atoms with Gasteiger partial charge in [0, 0.05) is 30.7 Å². The maximum Gasteiger partial charge on any atom is 0.254 e. The summed E-state index contributed by atoms with van der Waals surface area (Å²) in [5, 5.41) is 9.23. The summed E-state index contributed by atoms with van der Waals surface area (Å²) in [6, 6.07) is 7.94. The fourth-order valence-electron chi connectivity index (χ4n) is 3.26. The Kier molecular flexibility index (Phi) is 4.34. The molecule has 0 bridgehead atoms. The van der Waals surface area contributed by atoms with Gasteiger partial charge < -0.3 is 18.6 Å². The molecule has 0 aliphatic carbocycles. The number of benzene rings is 1. The van der Waals surface area contributed by atoms with Crippen LogP contribution in [0.5, 0.6) is 5.75 Å². The molecule has 0 saturated carbocycles. The number of methoxy groups -OCH3 is 1. The molecule has 7 heteroatoms. The summed E-state index contributed by atoms with van der Waals surface area (Å²) in [5.74, 6) is 1.60. The van der Waals surface area contributed by atoms with Crippen LogP contribution in [-0.2, 0) is 21.7 Å². The first-order valence-electron chi connectivity index (χ1n) is 8.57. The first kappa shape index (κ1) is 16.9. The second kappa shape index (κ2) is 6.66. The molecule has 1 unspecified atom stereocenters. The van der Waals surface area contributed by atoms with E-state index in [1.807, 2.05) is 38.1 Å². The molecule has 1 saturated heterocycles. The van der Waals surface area contributed by atoms with Gasteiger partial charge in [0.25, 0.3) is 11.8 Å². The van der Waals surface area contributed by atoms with Crippen LogP contribution < -0.4 is 4.74 Å². The zero-order valence-electron chi connectivity index (χ0n) is 15.1. The van der Waals surface area contributed by atoms with Gasteiger partial charge in [-0.15, -0.1) is 10.2 Å². The SMILES string of the molecule is COC1(c2nnc(COc3cc(C)nc4cccc(C)c34)o2)CCOC1. The Hall–Kier alpha value is -2.51. The fourth-order valence-corrected chi connectivity index (χ4v) is 3.26. The van der Waals surface area contributed by atoms with Crippen LogP contribution in [-0.4, -0.2) is 35.5 Å². The molecule has 2 aromatic heterocycles. The molecule has 3 heterocycles. The summed E-state index contributed by atoms with van der Waals surface area (Å²) < 4.78 is 22.8. The molecule has 136 valence electrons. The molecule has 0 amide bonds. The number of rotatable bonds is 5. The van der Waals surface area contributed by atoms with Crippen molar-refractivity contribution in [2.75, 3.05) is 20.3 Å². The van der Waals surface area contributed by atoms with E-state index in [1.54, 1.807) is 7.11 Å². The van der Waals surface area contributed by atoms with Crippen molar-refractivity contribution in [3.63, 3.8) is 0 Å². The number of aryl methyl sites for hydroxylation is 2. The van der Waals surface area contributed by atoms with Gasteiger partial charge in [-0.3, -0.25) is 4.98 Å². The topological polar surface area (TPSA) is 79.5 Å². The Labute approximate surface area is 151 Å². The lowest BCUT2D eigenvalue weighted by molar-refractivity contribution is -0.0420. The summed E-state index contributed by atoms with van der Waals surface area (Å²) in [4.78, 5) is 4.57. The largest absolute Gasteiger partial charge is 0.483 e. The minimum absolute atomic E-state index is 0.181. The number of nitrogens with zero attached hydrogens (tertiary/aromatic N) is 3. The monoisotopic (exact) mass is 355 g/mol. The van der Waals surface area contributed by atoms with E-state index in [1.165, 1.54) is 0 Å². The van der Waals surface area contributed by atoms with E-state index in [-0.39, 0.29) is 6.61 Å². The third kappa shape index (κ3) is 2.93. The van der Waals surface area contributed by atoms with Crippen molar-refractivity contribution in [1.29, 1.82) is 0 Å². The zero-order chi connectivity index (χ0) is 18.1. The zero-order valence-corrected chi connectivity index (χ0v) is 15.1. The highest BCUT2D eigenvalue weighted by Crippen LogP contribution is 2.33. The average molecular weight is 355 g/mol. The molecule has 1 aliphatic rings. The molecule has 3 aromatic rings. The van der Waals surface area contributed by atoms with Gasteiger partial charge >= 0.3 is 0 Å². The second-order valence-corrected chi connectivity index (χ2v) is 6.52. The standard InChI is InChI=1S/C19H21N3O4/c1-12-5-4-6-14-17(12)15(9-13(2)20-14)25-10-16-21-22-18(26-16)19(23-3)7-8-24-11-19/h4-6,9H,7-8,10-11H2,1-3H3. The quantitative estimate of drug-likeness (QED) is 0.696. The van der Waals surface area contributed by atoms with Gasteiger partial charge in [-0.2, -0.15) is 0 Å². The summed E-state index contributed by atoms with van der Waals surface area (Å²) in [7, 11) is 1.63. The molecule has 4 rings (SSSR count). The fraction of sp³-hybridized carbons (Fsp3) is 0.421. The first-order valence-corrected chi connectivity index (χ1v) is 8.57. The molecule has 0 N–H and O–H groups in total. The molecular weight excluding hydrogens is 334 g/mol. The number of aromatic nitrogens is 3. The van der Waals surface area contributed by atoms with E-state index in [2.05, 4.69) is 15.2 Å². The van der Waals surface area contributed by atoms with Crippen molar-refractivity contribution in [2.45, 2.75) is 32.5 Å². The highest BCUT2D eigenvalue weighted by Gasteiger charge is 2.42. The van der Waals surface area contributed by atoms with Crippen LogP contribution >= 0.6 is 0 Å². The lowest BCUT2D eigenvalue weighted by Gasteiger charge is -2.20. The van der Waals surface area contributed by atoms with E-state index in [0.717, 1.165) is 27.9 Å². The van der Waals surface area contributed by atoms with Gasteiger partial charge in [0.1, 0.15) is 5.75 Å². The van der Waals surface area contributed by atoms with Crippen LogP contribution in [0.3, 0.4) is 0 Å². The Morgan fingerprint density at radius 3 is 2.88 bits per heavy atom. The van der Waals surface area contributed by atoms with Gasteiger partial charge in [0.15, 0.2) is 12.2 Å². The van der Waals surface area contributed by atoms with E-state index in [0.29, 0.717) is 31.4 Å². The Morgan fingerprint density at radius 2 is 2.12 bits per heavy atom. The van der Waals surface area contributed by atoms with Crippen molar-refractivity contribution < 1.29 is 18.6 Å². The van der Waals surface area contributed by atoms with E-state index in [4.69, 9.17) is 18.6 Å². The summed E-state index contributed by atoms with van der Waals surface area (Å²) >= 11 is 0. The van der Waals surface area contributed by atoms with E-state index >= 15 is 0 Å². The predicted octanol–water partition coefficient (Wildman–Crippen LogP) is 3.08. The highest BCUT2D eigenvalue weighted by atomic mass is 16.6. The number of pyridine rings is 1. The Balaban J connectivity index is 1.58. The van der Waals surface area contributed by atoms with Crippen molar-refractivity contribution in [2.24, 2.45) is 0 Å². The van der Waals surface area contributed by atoms with Crippen LogP contribution in [0.25, 0.3) is 10.9 Å². The third-order valence-electron chi connectivity index (χ3n) is 4.72. The van der Waals surface area contributed by atoms with Gasteiger partial charge in [-0.25, -0.2) is 0 Å². The summed E-state index contributed by atoms with van der Waals surface area (Å²) in [6.07, 6.45) is 0.694. The molecule has 7 nitrogen and oxygen atoms in total. The number of hydrogen-bond donors (Lipinski definition) is 0. The molecule has 0 radical (unpaired) electrons. The maximum absolute atomic E-state index is 6.00. The van der Waals surface area contributed by atoms with Gasteiger partial charge in [0.2, 0.25) is 0 Å². The third-order valence-corrected chi connectivity index (χ3v) is 4.72. The average Bonchev–Trinajstić information content (AvgIpc) is 3.29. The minimum atomic E-state index is -0.651. The van der Waals surface area contributed by atoms with Crippen molar-refractivity contribution >= 4 is 10.9 Å². The molecule has 1 aromatic carbocycles.